The largest absolute Gasteiger partial charge is 0.494 e. The summed E-state index contributed by atoms with van der Waals surface area (Å²) >= 11 is 3.42. The normalized spacial score (nSPS) is 15.0. The molecule has 0 saturated carbocycles. The first kappa shape index (κ1) is 23.2. The zero-order valence-electron chi connectivity index (χ0n) is 19.2. The minimum atomic E-state index is -0.724. The number of aromatic nitrogens is 2. The number of nitrogens with zero attached hydrogens (tertiary/aromatic N) is 3. The van der Waals surface area contributed by atoms with E-state index in [4.69, 9.17) is 9.15 Å². The van der Waals surface area contributed by atoms with Crippen molar-refractivity contribution in [3.8, 4) is 5.75 Å². The summed E-state index contributed by atoms with van der Waals surface area (Å²) in [5, 5.41) is 0.402. The van der Waals surface area contributed by atoms with Crippen molar-refractivity contribution < 1.29 is 13.9 Å². The highest BCUT2D eigenvalue weighted by Crippen LogP contribution is 2.40. The van der Waals surface area contributed by atoms with Gasteiger partial charge in [-0.25, -0.2) is 9.97 Å². The van der Waals surface area contributed by atoms with Crippen LogP contribution in [0.15, 0.2) is 74.6 Å². The third-order valence-electron chi connectivity index (χ3n) is 6.06. The lowest BCUT2D eigenvalue weighted by Gasteiger charge is -2.23. The highest BCUT2D eigenvalue weighted by atomic mass is 79.9. The van der Waals surface area contributed by atoms with E-state index in [1.54, 1.807) is 36.7 Å². The molecule has 1 atom stereocenters. The van der Waals surface area contributed by atoms with Crippen molar-refractivity contribution in [2.75, 3.05) is 11.5 Å². The maximum absolute atomic E-state index is 13.6. The van der Waals surface area contributed by atoms with Crippen LogP contribution in [0.5, 0.6) is 5.75 Å². The molecule has 2 aromatic heterocycles. The van der Waals surface area contributed by atoms with Crippen molar-refractivity contribution in [2.24, 2.45) is 0 Å². The molecular formula is C27H24BrN3O4. The molecule has 0 bridgehead atoms. The molecule has 0 spiro atoms. The van der Waals surface area contributed by atoms with Crippen LogP contribution < -0.4 is 15.1 Å². The van der Waals surface area contributed by atoms with Crippen LogP contribution in [0.1, 0.15) is 60.3 Å². The van der Waals surface area contributed by atoms with Crippen LogP contribution in [0, 0.1) is 0 Å². The number of anilines is 1. The van der Waals surface area contributed by atoms with E-state index < -0.39 is 11.9 Å². The summed E-state index contributed by atoms with van der Waals surface area (Å²) in [7, 11) is 0. The molecule has 3 heterocycles. The van der Waals surface area contributed by atoms with Gasteiger partial charge in [0, 0.05) is 16.9 Å². The average Bonchev–Trinajstić information content (AvgIpc) is 3.18. The SMILES string of the molecule is CCCCCCOc1ccc(C2c3c(oc4ccc(Br)cc4c3=O)C(=O)N2c2ncccn2)cc1. The molecule has 0 aliphatic carbocycles. The summed E-state index contributed by atoms with van der Waals surface area (Å²) in [4.78, 5) is 37.2. The van der Waals surface area contributed by atoms with Crippen LogP contribution in [0.3, 0.4) is 0 Å². The number of carbonyl (C=O) groups excluding carboxylic acids is 1. The second-order valence-corrected chi connectivity index (χ2v) is 9.33. The van der Waals surface area contributed by atoms with Crippen LogP contribution in [0.2, 0.25) is 0 Å². The van der Waals surface area contributed by atoms with Gasteiger partial charge in [-0.15, -0.1) is 0 Å². The van der Waals surface area contributed by atoms with E-state index in [1.165, 1.54) is 17.7 Å². The van der Waals surface area contributed by atoms with Crippen LogP contribution in [-0.4, -0.2) is 22.5 Å². The van der Waals surface area contributed by atoms with Gasteiger partial charge in [-0.3, -0.25) is 14.5 Å². The first-order valence-corrected chi connectivity index (χ1v) is 12.5. The number of hydrogen-bond donors (Lipinski definition) is 0. The molecule has 0 fully saturated rings. The summed E-state index contributed by atoms with van der Waals surface area (Å²) in [6.45, 7) is 2.83. The zero-order chi connectivity index (χ0) is 24.4. The molecule has 7 nitrogen and oxygen atoms in total. The third kappa shape index (κ3) is 4.46. The van der Waals surface area contributed by atoms with Crippen LogP contribution in [-0.2, 0) is 0 Å². The Morgan fingerprint density at radius 2 is 1.80 bits per heavy atom. The Labute approximate surface area is 210 Å². The Bertz CT molecular complexity index is 1420. The minimum absolute atomic E-state index is 0.0125. The second-order valence-electron chi connectivity index (χ2n) is 8.42. The molecule has 4 aromatic rings. The van der Waals surface area contributed by atoms with E-state index in [0.29, 0.717) is 17.6 Å². The van der Waals surface area contributed by atoms with Crippen molar-refractivity contribution >= 4 is 38.8 Å². The van der Waals surface area contributed by atoms with Gasteiger partial charge in [0.2, 0.25) is 11.7 Å². The van der Waals surface area contributed by atoms with Gasteiger partial charge in [0.25, 0.3) is 5.91 Å². The summed E-state index contributed by atoms with van der Waals surface area (Å²) in [6, 6.07) is 13.6. The van der Waals surface area contributed by atoms with E-state index in [1.807, 2.05) is 24.3 Å². The number of amides is 1. The third-order valence-corrected chi connectivity index (χ3v) is 6.56. The predicted octanol–water partition coefficient (Wildman–Crippen LogP) is 6.05. The fraction of sp³-hybridized carbons (Fsp3) is 0.259. The number of carbonyl (C=O) groups is 1. The monoisotopic (exact) mass is 533 g/mol. The summed E-state index contributed by atoms with van der Waals surface area (Å²) in [5.74, 6) is 0.509. The van der Waals surface area contributed by atoms with Crippen molar-refractivity contribution in [1.29, 1.82) is 0 Å². The second kappa shape index (κ2) is 10.00. The molecular weight excluding hydrogens is 510 g/mol. The number of fused-ring (bicyclic) bond motifs is 2. The van der Waals surface area contributed by atoms with E-state index in [-0.39, 0.29) is 22.7 Å². The maximum atomic E-state index is 13.6. The summed E-state index contributed by atoms with van der Waals surface area (Å²) in [6.07, 6.45) is 7.65. The maximum Gasteiger partial charge on any atom is 0.297 e. The van der Waals surface area contributed by atoms with Gasteiger partial charge in [-0.1, -0.05) is 54.2 Å². The highest BCUT2D eigenvalue weighted by Gasteiger charge is 2.44. The van der Waals surface area contributed by atoms with E-state index in [9.17, 15) is 9.59 Å². The first-order chi connectivity index (χ1) is 17.1. The molecule has 0 radical (unpaired) electrons. The minimum Gasteiger partial charge on any atom is -0.494 e. The Kier molecular flexibility index (Phi) is 6.63. The van der Waals surface area contributed by atoms with Crippen molar-refractivity contribution in [1.82, 2.24) is 9.97 Å². The van der Waals surface area contributed by atoms with Gasteiger partial charge in [-0.2, -0.15) is 0 Å². The topological polar surface area (TPSA) is 85.5 Å². The Morgan fingerprint density at radius 1 is 1.03 bits per heavy atom. The van der Waals surface area contributed by atoms with Gasteiger partial charge in [0.1, 0.15) is 11.3 Å². The number of ether oxygens (including phenoxy) is 1. The molecule has 0 saturated heterocycles. The lowest BCUT2D eigenvalue weighted by Crippen LogP contribution is -2.31. The Balaban J connectivity index is 1.56. The summed E-state index contributed by atoms with van der Waals surface area (Å²) in [5.41, 5.74) is 1.12. The quantitative estimate of drug-likeness (QED) is 0.256. The molecule has 8 heteroatoms. The van der Waals surface area contributed by atoms with Crippen LogP contribution in [0.4, 0.5) is 5.95 Å². The molecule has 1 amide bonds. The molecule has 0 N–H and O–H groups in total. The first-order valence-electron chi connectivity index (χ1n) is 11.7. The standard InChI is InChI=1S/C27H24BrN3O4/c1-2-3-4-5-15-34-19-10-7-17(8-11-19)23-22-24(32)20-16-18(28)9-12-21(20)35-25(22)26(33)31(23)27-29-13-6-14-30-27/h6-14,16,23H,2-5,15H2,1H3. The molecule has 1 unspecified atom stereocenters. The van der Waals surface area contributed by atoms with E-state index in [0.717, 1.165) is 28.6 Å². The number of rotatable bonds is 8. The van der Waals surface area contributed by atoms with E-state index in [2.05, 4.69) is 32.8 Å². The fourth-order valence-corrected chi connectivity index (χ4v) is 4.71. The Morgan fingerprint density at radius 3 is 2.54 bits per heavy atom. The van der Waals surface area contributed by atoms with Gasteiger partial charge < -0.3 is 9.15 Å². The van der Waals surface area contributed by atoms with Gasteiger partial charge >= 0.3 is 0 Å². The lowest BCUT2D eigenvalue weighted by molar-refractivity contribution is 0.0969. The van der Waals surface area contributed by atoms with Crippen molar-refractivity contribution in [2.45, 2.75) is 38.6 Å². The fourth-order valence-electron chi connectivity index (χ4n) is 4.35. The predicted molar refractivity (Wildman–Crippen MR) is 137 cm³/mol. The molecule has 5 rings (SSSR count). The molecule has 35 heavy (non-hydrogen) atoms. The van der Waals surface area contributed by atoms with Gasteiger partial charge in [0.05, 0.1) is 23.6 Å². The van der Waals surface area contributed by atoms with Crippen LogP contribution >= 0.6 is 15.9 Å². The molecule has 1 aliphatic heterocycles. The number of hydrogen-bond acceptors (Lipinski definition) is 6. The number of halogens is 1. The smallest absolute Gasteiger partial charge is 0.297 e. The van der Waals surface area contributed by atoms with Gasteiger partial charge in [0.15, 0.2) is 5.43 Å². The van der Waals surface area contributed by atoms with Crippen molar-refractivity contribution in [3.63, 3.8) is 0 Å². The van der Waals surface area contributed by atoms with Gasteiger partial charge in [-0.05, 0) is 48.4 Å². The van der Waals surface area contributed by atoms with E-state index >= 15 is 0 Å². The Hall–Kier alpha value is -3.52. The number of unbranched alkanes of at least 4 members (excludes halogenated alkanes) is 3. The average molecular weight is 534 g/mol. The molecule has 2 aromatic carbocycles. The number of benzene rings is 2. The lowest BCUT2D eigenvalue weighted by atomic mass is 9.98. The zero-order valence-corrected chi connectivity index (χ0v) is 20.8. The van der Waals surface area contributed by atoms with Crippen molar-refractivity contribution in [3.05, 3.63) is 92.5 Å². The molecule has 1 aliphatic rings. The highest BCUT2D eigenvalue weighted by molar-refractivity contribution is 9.10. The van der Waals surface area contributed by atoms with Crippen LogP contribution in [0.25, 0.3) is 11.0 Å². The summed E-state index contributed by atoms with van der Waals surface area (Å²) < 4.78 is 12.6. The molecule has 178 valence electrons.